The molecule has 0 aliphatic heterocycles. The Morgan fingerprint density at radius 1 is 1.35 bits per heavy atom. The van der Waals surface area contributed by atoms with Crippen LogP contribution in [0.25, 0.3) is 0 Å². The molecule has 1 heterocycles. The maximum Gasteiger partial charge on any atom is 0.573 e. The van der Waals surface area contributed by atoms with E-state index in [0.29, 0.717) is 0 Å². The van der Waals surface area contributed by atoms with Gasteiger partial charge in [-0.2, -0.15) is 0 Å². The number of carbonyl (C=O) groups excluding carboxylic acids is 1. The summed E-state index contributed by atoms with van der Waals surface area (Å²) in [7, 11) is 1.02. The molecule has 0 saturated heterocycles. The summed E-state index contributed by atoms with van der Waals surface area (Å²) in [6.45, 7) is 0.266. The highest BCUT2D eigenvalue weighted by Crippen LogP contribution is 2.37. The van der Waals surface area contributed by atoms with Crippen LogP contribution in [0.2, 0.25) is 0 Å². The third-order valence-corrected chi connectivity index (χ3v) is 2.10. The molecule has 0 spiro atoms. The summed E-state index contributed by atoms with van der Waals surface area (Å²) in [4.78, 5) is 15.0. The molecule has 0 unspecified atom stereocenters. The smallest absolute Gasteiger partial charge is 0.492 e. The van der Waals surface area contributed by atoms with E-state index in [1.165, 1.54) is 6.92 Å². The number of alkyl halides is 4. The molecule has 20 heavy (non-hydrogen) atoms. The lowest BCUT2D eigenvalue weighted by molar-refractivity contribution is -0.275. The van der Waals surface area contributed by atoms with Crippen molar-refractivity contribution in [2.75, 3.05) is 13.7 Å². The fourth-order valence-corrected chi connectivity index (χ4v) is 1.39. The SMILES string of the molecule is CCOC(=O)c1ncc(CF)c(OC)c1OC(F)(F)F. The predicted octanol–water partition coefficient (Wildman–Crippen LogP) is 2.64. The van der Waals surface area contributed by atoms with Crippen LogP contribution in [0.3, 0.4) is 0 Å². The number of nitrogens with zero attached hydrogens (tertiary/aromatic N) is 1. The molecule has 112 valence electrons. The summed E-state index contributed by atoms with van der Waals surface area (Å²) in [5, 5.41) is 0. The molecule has 0 aromatic carbocycles. The van der Waals surface area contributed by atoms with Gasteiger partial charge in [-0.15, -0.1) is 13.2 Å². The van der Waals surface area contributed by atoms with Crippen LogP contribution in [0, 0.1) is 0 Å². The number of halogens is 4. The lowest BCUT2D eigenvalue weighted by Crippen LogP contribution is -2.21. The van der Waals surface area contributed by atoms with Crippen LogP contribution in [-0.4, -0.2) is 31.0 Å². The zero-order valence-corrected chi connectivity index (χ0v) is 10.6. The number of hydrogen-bond donors (Lipinski definition) is 0. The standard InChI is InChI=1S/C11H11F4NO4/c1-3-19-10(17)7-9(20-11(13,14)15)8(18-2)6(4-12)5-16-7/h5H,3-4H2,1-2H3. The van der Waals surface area contributed by atoms with Crippen LogP contribution in [0.15, 0.2) is 6.20 Å². The quantitative estimate of drug-likeness (QED) is 0.617. The molecular weight excluding hydrogens is 286 g/mol. The van der Waals surface area contributed by atoms with E-state index in [4.69, 9.17) is 0 Å². The second-order valence-corrected chi connectivity index (χ2v) is 3.40. The maximum atomic E-state index is 12.7. The minimum Gasteiger partial charge on any atom is -0.492 e. The summed E-state index contributed by atoms with van der Waals surface area (Å²) in [6, 6.07) is 0. The fraction of sp³-hybridized carbons (Fsp3) is 0.455. The number of hydrogen-bond acceptors (Lipinski definition) is 5. The van der Waals surface area contributed by atoms with Crippen LogP contribution in [0.1, 0.15) is 23.0 Å². The highest BCUT2D eigenvalue weighted by Gasteiger charge is 2.36. The van der Waals surface area contributed by atoms with Gasteiger partial charge < -0.3 is 14.2 Å². The number of ether oxygens (including phenoxy) is 3. The van der Waals surface area contributed by atoms with E-state index in [1.54, 1.807) is 0 Å². The van der Waals surface area contributed by atoms with E-state index < -0.39 is 36.2 Å². The topological polar surface area (TPSA) is 57.7 Å². The summed E-state index contributed by atoms with van der Waals surface area (Å²) in [6.07, 6.45) is -4.21. The highest BCUT2D eigenvalue weighted by molar-refractivity contribution is 5.91. The van der Waals surface area contributed by atoms with Crippen molar-refractivity contribution in [3.8, 4) is 11.5 Å². The van der Waals surface area contributed by atoms with Crippen molar-refractivity contribution < 1.29 is 36.6 Å². The molecular formula is C11H11F4NO4. The van der Waals surface area contributed by atoms with Crippen molar-refractivity contribution in [1.29, 1.82) is 0 Å². The Labute approximate surface area is 111 Å². The normalized spacial score (nSPS) is 11.1. The van der Waals surface area contributed by atoms with Gasteiger partial charge in [0.15, 0.2) is 11.4 Å². The molecule has 5 nitrogen and oxygen atoms in total. The summed E-state index contributed by atoms with van der Waals surface area (Å²) in [5.74, 6) is -2.70. The van der Waals surface area contributed by atoms with Gasteiger partial charge in [0.1, 0.15) is 6.67 Å². The van der Waals surface area contributed by atoms with E-state index in [2.05, 4.69) is 19.2 Å². The predicted molar refractivity (Wildman–Crippen MR) is 58.2 cm³/mol. The number of methoxy groups -OCH3 is 1. The van der Waals surface area contributed by atoms with E-state index in [1.807, 2.05) is 0 Å². The largest absolute Gasteiger partial charge is 0.573 e. The van der Waals surface area contributed by atoms with E-state index in [-0.39, 0.29) is 12.2 Å². The average Bonchev–Trinajstić information content (AvgIpc) is 2.36. The van der Waals surface area contributed by atoms with Crippen molar-refractivity contribution in [1.82, 2.24) is 4.98 Å². The Balaban J connectivity index is 3.39. The van der Waals surface area contributed by atoms with Crippen LogP contribution in [0.5, 0.6) is 11.5 Å². The first-order chi connectivity index (χ1) is 9.34. The fourth-order valence-electron chi connectivity index (χ4n) is 1.39. The molecule has 1 rings (SSSR count). The molecule has 0 N–H and O–H groups in total. The van der Waals surface area contributed by atoms with Gasteiger partial charge in [-0.1, -0.05) is 0 Å². The Morgan fingerprint density at radius 2 is 2.00 bits per heavy atom. The lowest BCUT2D eigenvalue weighted by atomic mass is 10.2. The van der Waals surface area contributed by atoms with Crippen LogP contribution in [-0.2, 0) is 11.4 Å². The first kappa shape index (κ1) is 16.0. The first-order valence-electron chi connectivity index (χ1n) is 5.38. The lowest BCUT2D eigenvalue weighted by Gasteiger charge is -2.16. The van der Waals surface area contributed by atoms with Crippen LogP contribution in [0.4, 0.5) is 17.6 Å². The molecule has 0 fully saturated rings. The summed E-state index contributed by atoms with van der Waals surface area (Å²) >= 11 is 0. The van der Waals surface area contributed by atoms with Gasteiger partial charge in [-0.05, 0) is 6.92 Å². The maximum absolute atomic E-state index is 12.7. The first-order valence-corrected chi connectivity index (χ1v) is 5.38. The minimum absolute atomic E-state index is 0.0703. The summed E-state index contributed by atoms with van der Waals surface area (Å²) in [5.41, 5.74) is -1.02. The third-order valence-electron chi connectivity index (χ3n) is 2.10. The van der Waals surface area contributed by atoms with Crippen molar-refractivity contribution >= 4 is 5.97 Å². The molecule has 0 radical (unpaired) electrons. The van der Waals surface area contributed by atoms with Crippen LogP contribution >= 0.6 is 0 Å². The molecule has 0 bridgehead atoms. The van der Waals surface area contributed by atoms with Crippen molar-refractivity contribution in [3.63, 3.8) is 0 Å². The van der Waals surface area contributed by atoms with E-state index in [9.17, 15) is 22.4 Å². The van der Waals surface area contributed by atoms with E-state index >= 15 is 0 Å². The van der Waals surface area contributed by atoms with Gasteiger partial charge in [0.05, 0.1) is 13.7 Å². The molecule has 0 aliphatic carbocycles. The van der Waals surface area contributed by atoms with Crippen molar-refractivity contribution in [2.45, 2.75) is 20.0 Å². The molecule has 0 saturated carbocycles. The monoisotopic (exact) mass is 297 g/mol. The Bertz CT molecular complexity index is 490. The summed E-state index contributed by atoms with van der Waals surface area (Å²) < 4.78 is 62.7. The average molecular weight is 297 g/mol. The van der Waals surface area contributed by atoms with Gasteiger partial charge in [-0.3, -0.25) is 0 Å². The zero-order chi connectivity index (χ0) is 15.3. The van der Waals surface area contributed by atoms with E-state index in [0.717, 1.165) is 13.3 Å². The van der Waals surface area contributed by atoms with Crippen molar-refractivity contribution in [2.24, 2.45) is 0 Å². The highest BCUT2D eigenvalue weighted by atomic mass is 19.4. The number of aromatic nitrogens is 1. The van der Waals surface area contributed by atoms with Gasteiger partial charge in [-0.25, -0.2) is 14.2 Å². The third kappa shape index (κ3) is 3.72. The molecule has 0 aliphatic rings. The molecule has 9 heteroatoms. The number of esters is 1. The molecule has 0 amide bonds. The number of carbonyl (C=O) groups is 1. The Morgan fingerprint density at radius 3 is 2.45 bits per heavy atom. The second kappa shape index (κ2) is 6.40. The van der Waals surface area contributed by atoms with Gasteiger partial charge in [0.25, 0.3) is 0 Å². The van der Waals surface area contributed by atoms with Gasteiger partial charge >= 0.3 is 12.3 Å². The van der Waals surface area contributed by atoms with Crippen molar-refractivity contribution in [3.05, 3.63) is 17.5 Å². The zero-order valence-electron chi connectivity index (χ0n) is 10.6. The number of rotatable bonds is 5. The molecule has 1 aromatic rings. The molecule has 0 atom stereocenters. The second-order valence-electron chi connectivity index (χ2n) is 3.40. The Hall–Kier alpha value is -2.06. The number of pyridine rings is 1. The molecule has 1 aromatic heterocycles. The Kier molecular flexibility index (Phi) is 5.12. The van der Waals surface area contributed by atoms with Gasteiger partial charge in [0.2, 0.25) is 5.75 Å². The van der Waals surface area contributed by atoms with Gasteiger partial charge in [0, 0.05) is 11.8 Å². The minimum atomic E-state index is -5.09. The van der Waals surface area contributed by atoms with Crippen LogP contribution < -0.4 is 9.47 Å².